The van der Waals surface area contributed by atoms with Gasteiger partial charge in [-0.25, -0.2) is 4.98 Å². The second kappa shape index (κ2) is 4.95. The van der Waals surface area contributed by atoms with Gasteiger partial charge in [0.1, 0.15) is 11.9 Å². The van der Waals surface area contributed by atoms with Crippen LogP contribution in [0.15, 0.2) is 30.5 Å². The van der Waals surface area contributed by atoms with Gasteiger partial charge in [0, 0.05) is 6.20 Å². The number of pyridine rings is 1. The van der Waals surface area contributed by atoms with Crippen molar-refractivity contribution in [1.82, 2.24) is 4.98 Å². The number of carbonyl (C=O) groups excluding carboxylic acids is 1. The number of hydrogen-bond donors (Lipinski definition) is 1. The summed E-state index contributed by atoms with van der Waals surface area (Å²) in [5.74, 6) is 0.137. The molecule has 0 aliphatic rings. The predicted octanol–water partition coefficient (Wildman–Crippen LogP) is 2.92. The van der Waals surface area contributed by atoms with Gasteiger partial charge in [-0.3, -0.25) is 4.79 Å². The van der Waals surface area contributed by atoms with Crippen molar-refractivity contribution in [2.45, 2.75) is 0 Å². The fraction of sp³-hybridized carbons (Fsp3) is 0. The molecular formula is C11H6ClN3OS. The summed E-state index contributed by atoms with van der Waals surface area (Å²) < 4.78 is 0.558. The molecule has 2 aromatic heterocycles. The first kappa shape index (κ1) is 11.6. The fourth-order valence-electron chi connectivity index (χ4n) is 1.15. The van der Waals surface area contributed by atoms with E-state index in [1.165, 1.54) is 17.5 Å². The van der Waals surface area contributed by atoms with Crippen LogP contribution in [0.25, 0.3) is 0 Å². The van der Waals surface area contributed by atoms with Crippen molar-refractivity contribution in [3.8, 4) is 6.07 Å². The SMILES string of the molecule is N#Cc1ccc(NC(=O)c2ccc(Cl)s2)nc1. The molecule has 0 bridgehead atoms. The molecular weight excluding hydrogens is 258 g/mol. The first-order chi connectivity index (χ1) is 8.19. The highest BCUT2D eigenvalue weighted by molar-refractivity contribution is 7.18. The molecule has 1 amide bonds. The number of nitriles is 1. The summed E-state index contributed by atoms with van der Waals surface area (Å²) in [6.45, 7) is 0. The molecule has 0 spiro atoms. The number of aromatic nitrogens is 1. The fourth-order valence-corrected chi connectivity index (χ4v) is 2.09. The number of rotatable bonds is 2. The highest BCUT2D eigenvalue weighted by Crippen LogP contribution is 2.22. The Morgan fingerprint density at radius 1 is 1.41 bits per heavy atom. The Morgan fingerprint density at radius 2 is 2.24 bits per heavy atom. The quantitative estimate of drug-likeness (QED) is 0.906. The summed E-state index contributed by atoms with van der Waals surface area (Å²) in [6.07, 6.45) is 1.40. The van der Waals surface area contributed by atoms with Crippen molar-refractivity contribution >= 4 is 34.7 Å². The molecule has 0 unspecified atom stereocenters. The van der Waals surface area contributed by atoms with E-state index in [0.29, 0.717) is 20.6 Å². The van der Waals surface area contributed by atoms with E-state index in [4.69, 9.17) is 16.9 Å². The third-order valence-electron chi connectivity index (χ3n) is 1.93. The lowest BCUT2D eigenvalue weighted by atomic mass is 10.3. The molecule has 0 aliphatic heterocycles. The van der Waals surface area contributed by atoms with Gasteiger partial charge in [0.25, 0.3) is 5.91 Å². The van der Waals surface area contributed by atoms with Crippen molar-refractivity contribution in [3.63, 3.8) is 0 Å². The highest BCUT2D eigenvalue weighted by atomic mass is 35.5. The first-order valence-corrected chi connectivity index (χ1v) is 5.81. The molecule has 17 heavy (non-hydrogen) atoms. The highest BCUT2D eigenvalue weighted by Gasteiger charge is 2.09. The Hall–Kier alpha value is -1.90. The number of halogens is 1. The zero-order valence-electron chi connectivity index (χ0n) is 8.48. The van der Waals surface area contributed by atoms with Crippen LogP contribution in [0.3, 0.4) is 0 Å². The minimum atomic E-state index is -0.265. The lowest BCUT2D eigenvalue weighted by Gasteiger charge is -2.01. The van der Waals surface area contributed by atoms with Crippen molar-refractivity contribution in [3.05, 3.63) is 45.2 Å². The van der Waals surface area contributed by atoms with Gasteiger partial charge in [0.15, 0.2) is 0 Å². The standard InChI is InChI=1S/C11H6ClN3OS/c12-9-3-2-8(17-9)11(16)15-10-4-1-7(5-13)6-14-10/h1-4,6H,(H,14,15,16). The minimum Gasteiger partial charge on any atom is -0.306 e. The maximum absolute atomic E-state index is 11.7. The van der Waals surface area contributed by atoms with Gasteiger partial charge in [0.2, 0.25) is 0 Å². The smallest absolute Gasteiger partial charge is 0.266 e. The Balaban J connectivity index is 2.11. The minimum absolute atomic E-state index is 0.265. The van der Waals surface area contributed by atoms with Crippen LogP contribution in [0, 0.1) is 11.3 Å². The summed E-state index contributed by atoms with van der Waals surface area (Å²) in [5.41, 5.74) is 0.446. The molecule has 4 nitrogen and oxygen atoms in total. The lowest BCUT2D eigenvalue weighted by molar-refractivity contribution is 0.103. The van der Waals surface area contributed by atoms with Crippen molar-refractivity contribution in [2.24, 2.45) is 0 Å². The monoisotopic (exact) mass is 263 g/mol. The van der Waals surface area contributed by atoms with E-state index >= 15 is 0 Å². The molecule has 1 N–H and O–H groups in total. The zero-order valence-corrected chi connectivity index (χ0v) is 10.0. The lowest BCUT2D eigenvalue weighted by Crippen LogP contribution is -2.11. The van der Waals surface area contributed by atoms with Gasteiger partial charge < -0.3 is 5.32 Å². The van der Waals surface area contributed by atoms with Gasteiger partial charge in [-0.2, -0.15) is 5.26 Å². The van der Waals surface area contributed by atoms with E-state index in [1.54, 1.807) is 24.3 Å². The summed E-state index contributed by atoms with van der Waals surface area (Å²) in [6, 6.07) is 8.42. The molecule has 84 valence electrons. The molecule has 6 heteroatoms. The summed E-state index contributed by atoms with van der Waals surface area (Å²) in [4.78, 5) is 16.2. The Morgan fingerprint density at radius 3 is 2.76 bits per heavy atom. The normalized spacial score (nSPS) is 9.65. The van der Waals surface area contributed by atoms with Crippen LogP contribution in [-0.4, -0.2) is 10.9 Å². The van der Waals surface area contributed by atoms with E-state index in [0.717, 1.165) is 0 Å². The van der Waals surface area contributed by atoms with Gasteiger partial charge in [-0.15, -0.1) is 11.3 Å². The summed E-state index contributed by atoms with van der Waals surface area (Å²) in [5, 5.41) is 11.2. The maximum atomic E-state index is 11.7. The van der Waals surface area contributed by atoms with Crippen LogP contribution in [0.1, 0.15) is 15.2 Å². The Bertz CT molecular complexity index is 586. The topological polar surface area (TPSA) is 65.8 Å². The van der Waals surface area contributed by atoms with Crippen molar-refractivity contribution in [1.29, 1.82) is 5.26 Å². The van der Waals surface area contributed by atoms with E-state index in [-0.39, 0.29) is 5.91 Å². The third kappa shape index (κ3) is 2.81. The molecule has 0 saturated heterocycles. The van der Waals surface area contributed by atoms with Crippen LogP contribution in [-0.2, 0) is 0 Å². The zero-order chi connectivity index (χ0) is 12.3. The molecule has 0 fully saturated rings. The van der Waals surface area contributed by atoms with E-state index in [1.807, 2.05) is 6.07 Å². The van der Waals surface area contributed by atoms with Crippen LogP contribution < -0.4 is 5.32 Å². The van der Waals surface area contributed by atoms with Crippen molar-refractivity contribution in [2.75, 3.05) is 5.32 Å². The van der Waals surface area contributed by atoms with E-state index in [9.17, 15) is 4.79 Å². The van der Waals surface area contributed by atoms with Gasteiger partial charge in [-0.1, -0.05) is 11.6 Å². The second-order valence-corrected chi connectivity index (χ2v) is 4.82. The van der Waals surface area contributed by atoms with Crippen LogP contribution >= 0.6 is 22.9 Å². The maximum Gasteiger partial charge on any atom is 0.266 e. The van der Waals surface area contributed by atoms with Crippen LogP contribution in [0.5, 0.6) is 0 Å². The largest absolute Gasteiger partial charge is 0.306 e. The summed E-state index contributed by atoms with van der Waals surface area (Å²) >= 11 is 6.93. The number of nitrogens with zero attached hydrogens (tertiary/aromatic N) is 2. The van der Waals surface area contributed by atoms with Crippen molar-refractivity contribution < 1.29 is 4.79 Å². The number of hydrogen-bond acceptors (Lipinski definition) is 4. The average molecular weight is 264 g/mol. The van der Waals surface area contributed by atoms with Crippen LogP contribution in [0.4, 0.5) is 5.82 Å². The number of nitrogens with one attached hydrogen (secondary N) is 1. The average Bonchev–Trinajstić information content (AvgIpc) is 2.77. The predicted molar refractivity (Wildman–Crippen MR) is 66.2 cm³/mol. The molecule has 0 radical (unpaired) electrons. The molecule has 2 rings (SSSR count). The molecule has 0 aliphatic carbocycles. The Kier molecular flexibility index (Phi) is 3.38. The van der Waals surface area contributed by atoms with Crippen LogP contribution in [0.2, 0.25) is 4.34 Å². The third-order valence-corrected chi connectivity index (χ3v) is 3.16. The van der Waals surface area contributed by atoms with E-state index < -0.39 is 0 Å². The molecule has 0 aromatic carbocycles. The first-order valence-electron chi connectivity index (χ1n) is 4.62. The summed E-state index contributed by atoms with van der Waals surface area (Å²) in [7, 11) is 0. The number of carbonyl (C=O) groups is 1. The van der Waals surface area contributed by atoms with E-state index in [2.05, 4.69) is 10.3 Å². The number of amides is 1. The van der Waals surface area contributed by atoms with Gasteiger partial charge >= 0.3 is 0 Å². The van der Waals surface area contributed by atoms with Gasteiger partial charge in [0.05, 0.1) is 14.8 Å². The second-order valence-electron chi connectivity index (χ2n) is 3.10. The molecule has 0 saturated carbocycles. The number of thiophene rings is 1. The molecule has 0 atom stereocenters. The molecule has 2 heterocycles. The molecule has 2 aromatic rings. The van der Waals surface area contributed by atoms with Gasteiger partial charge in [-0.05, 0) is 24.3 Å². The Labute approximate surface area is 106 Å². The number of anilines is 1.